The van der Waals surface area contributed by atoms with Gasteiger partial charge in [0.05, 0.1) is 34.9 Å². The zero-order valence-corrected chi connectivity index (χ0v) is 20.5. The highest BCUT2D eigenvalue weighted by molar-refractivity contribution is 6.38. The number of anilines is 5. The third-order valence-corrected chi connectivity index (χ3v) is 5.94. The molecule has 6 N–H and O–H groups in total. The molecule has 1 aliphatic heterocycles. The Labute approximate surface area is 209 Å². The van der Waals surface area contributed by atoms with Crippen molar-refractivity contribution in [1.29, 1.82) is 0 Å². The molecule has 1 heterocycles. The Morgan fingerprint density at radius 3 is 2.34 bits per heavy atom. The molecule has 1 aliphatic rings. The van der Waals surface area contributed by atoms with E-state index in [4.69, 9.17) is 23.1 Å². The number of benzene rings is 3. The molecule has 0 aromatic heterocycles. The van der Waals surface area contributed by atoms with E-state index in [1.807, 2.05) is 55.4 Å². The van der Waals surface area contributed by atoms with Crippen molar-refractivity contribution in [3.63, 3.8) is 0 Å². The predicted octanol–water partition coefficient (Wildman–Crippen LogP) is 3.96. The molecule has 0 unspecified atom stereocenters. The highest BCUT2D eigenvalue weighted by Crippen LogP contribution is 2.39. The minimum atomic E-state index is -0.259. The second-order valence-corrected chi connectivity index (χ2v) is 9.04. The molecule has 0 atom stereocenters. The zero-order valence-electron chi connectivity index (χ0n) is 19.7. The summed E-state index contributed by atoms with van der Waals surface area (Å²) < 4.78 is 0. The third kappa shape index (κ3) is 5.08. The summed E-state index contributed by atoms with van der Waals surface area (Å²) in [6.07, 6.45) is 0. The fraction of sp³-hybridized carbons (Fsp3) is 0.154. The van der Waals surface area contributed by atoms with Gasteiger partial charge in [0.15, 0.2) is 0 Å². The highest BCUT2D eigenvalue weighted by atomic mass is 35.5. The average Bonchev–Trinajstić information content (AvgIpc) is 3.13. The molecular formula is C26H27ClN6O2. The van der Waals surface area contributed by atoms with E-state index in [1.54, 1.807) is 36.2 Å². The van der Waals surface area contributed by atoms with Crippen molar-refractivity contribution >= 4 is 63.1 Å². The fourth-order valence-electron chi connectivity index (χ4n) is 3.84. The summed E-state index contributed by atoms with van der Waals surface area (Å²) in [6, 6.07) is 17.9. The van der Waals surface area contributed by atoms with Crippen molar-refractivity contribution in [2.24, 2.45) is 0 Å². The Balaban J connectivity index is 1.74. The van der Waals surface area contributed by atoms with Gasteiger partial charge < -0.3 is 31.9 Å². The second-order valence-electron chi connectivity index (χ2n) is 8.60. The van der Waals surface area contributed by atoms with Crippen molar-refractivity contribution in [2.75, 3.05) is 54.7 Å². The summed E-state index contributed by atoms with van der Waals surface area (Å²) in [5.74, 6) is -0.278. The van der Waals surface area contributed by atoms with Crippen LogP contribution in [0.3, 0.4) is 0 Å². The third-order valence-electron chi connectivity index (χ3n) is 5.70. The number of amides is 2. The molecule has 0 bridgehead atoms. The summed E-state index contributed by atoms with van der Waals surface area (Å²) in [4.78, 5) is 28.9. The molecule has 0 spiro atoms. The van der Waals surface area contributed by atoms with Crippen LogP contribution in [0.4, 0.5) is 28.4 Å². The van der Waals surface area contributed by atoms with E-state index in [9.17, 15) is 9.59 Å². The van der Waals surface area contributed by atoms with Crippen molar-refractivity contribution in [1.82, 2.24) is 4.90 Å². The van der Waals surface area contributed by atoms with Gasteiger partial charge in [0.25, 0.3) is 5.91 Å². The molecule has 180 valence electrons. The molecule has 8 nitrogen and oxygen atoms in total. The molecule has 0 fully saturated rings. The van der Waals surface area contributed by atoms with Crippen LogP contribution in [0.2, 0.25) is 5.02 Å². The minimum absolute atomic E-state index is 0.0197. The number of nitrogens with two attached hydrogens (primary N) is 2. The largest absolute Gasteiger partial charge is 0.397 e. The number of nitrogens with zero attached hydrogens (tertiary/aromatic N) is 2. The van der Waals surface area contributed by atoms with Crippen molar-refractivity contribution in [3.05, 3.63) is 76.8 Å². The van der Waals surface area contributed by atoms with E-state index >= 15 is 0 Å². The van der Waals surface area contributed by atoms with Crippen LogP contribution in [0.5, 0.6) is 0 Å². The van der Waals surface area contributed by atoms with Crippen LogP contribution < -0.4 is 27.0 Å². The summed E-state index contributed by atoms with van der Waals surface area (Å²) >= 11 is 6.13. The number of nitrogen functional groups attached to an aromatic ring is 2. The lowest BCUT2D eigenvalue weighted by Gasteiger charge is -2.20. The normalized spacial score (nSPS) is 13.9. The fourth-order valence-corrected chi connectivity index (χ4v) is 4.01. The topological polar surface area (TPSA) is 117 Å². The van der Waals surface area contributed by atoms with Gasteiger partial charge in [0.1, 0.15) is 0 Å². The van der Waals surface area contributed by atoms with Crippen LogP contribution in [0.1, 0.15) is 11.1 Å². The predicted molar refractivity (Wildman–Crippen MR) is 144 cm³/mol. The second kappa shape index (κ2) is 9.69. The maximum absolute atomic E-state index is 13.0. The summed E-state index contributed by atoms with van der Waals surface area (Å²) in [7, 11) is 5.44. The minimum Gasteiger partial charge on any atom is -0.397 e. The number of likely N-dealkylation sites (N-methyl/N-ethyl adjacent to an activating group) is 2. The Hall–Kier alpha value is -4.01. The van der Waals surface area contributed by atoms with Gasteiger partial charge in [-0.05, 0) is 62.6 Å². The van der Waals surface area contributed by atoms with Crippen molar-refractivity contribution in [2.45, 2.75) is 0 Å². The van der Waals surface area contributed by atoms with E-state index < -0.39 is 0 Å². The Bertz CT molecular complexity index is 1330. The number of halogens is 1. The monoisotopic (exact) mass is 490 g/mol. The molecule has 0 saturated carbocycles. The maximum atomic E-state index is 13.0. The van der Waals surface area contributed by atoms with E-state index in [-0.39, 0.29) is 11.8 Å². The molecule has 3 aromatic rings. The highest BCUT2D eigenvalue weighted by Gasteiger charge is 2.29. The smallest absolute Gasteiger partial charge is 0.258 e. The zero-order chi connectivity index (χ0) is 25.3. The standard InChI is InChI=1S/C26H27ClN6O2/c1-32(2)14-23(34)33(3)18-8-6-17(7-9-18)30-25(15-4-11-20(28)21(29)12-15)24-19-10-5-16(27)13-22(19)31-26(24)35/h4-13,30H,14,28-29H2,1-3H3,(H,31,35). The maximum Gasteiger partial charge on any atom is 0.258 e. The summed E-state index contributed by atoms with van der Waals surface area (Å²) in [5, 5.41) is 6.78. The van der Waals surface area contributed by atoms with Gasteiger partial charge in [0, 0.05) is 34.6 Å². The van der Waals surface area contributed by atoms with Crippen LogP contribution in [-0.4, -0.2) is 44.4 Å². The SMILES string of the molecule is CN(C)CC(=O)N(C)c1ccc(NC(=C2C(=O)Nc3cc(Cl)ccc32)c2ccc(N)c(N)c2)cc1. The molecule has 35 heavy (non-hydrogen) atoms. The average molecular weight is 491 g/mol. The Kier molecular flexibility index (Phi) is 6.68. The molecule has 0 radical (unpaired) electrons. The van der Waals surface area contributed by atoms with Gasteiger partial charge in [-0.15, -0.1) is 0 Å². The number of fused-ring (bicyclic) bond motifs is 1. The quantitative estimate of drug-likeness (QED) is 0.307. The van der Waals surface area contributed by atoms with Crippen LogP contribution in [-0.2, 0) is 9.59 Å². The van der Waals surface area contributed by atoms with Crippen LogP contribution in [0.15, 0.2) is 60.7 Å². The molecule has 4 rings (SSSR count). The van der Waals surface area contributed by atoms with E-state index in [1.165, 1.54) is 0 Å². The van der Waals surface area contributed by atoms with Crippen LogP contribution in [0, 0.1) is 0 Å². The molecule has 2 amide bonds. The van der Waals surface area contributed by atoms with Gasteiger partial charge in [-0.25, -0.2) is 0 Å². The molecule has 3 aromatic carbocycles. The van der Waals surface area contributed by atoms with Crippen LogP contribution >= 0.6 is 11.6 Å². The summed E-state index contributed by atoms with van der Waals surface area (Å²) in [5.41, 5.74) is 17.5. The van der Waals surface area contributed by atoms with Crippen LogP contribution in [0.25, 0.3) is 11.3 Å². The number of nitrogens with one attached hydrogen (secondary N) is 2. The lowest BCUT2D eigenvalue weighted by atomic mass is 9.99. The number of hydrogen-bond acceptors (Lipinski definition) is 6. The van der Waals surface area contributed by atoms with Gasteiger partial charge in [-0.3, -0.25) is 9.59 Å². The first-order valence-corrected chi connectivity index (χ1v) is 11.3. The lowest BCUT2D eigenvalue weighted by molar-refractivity contribution is -0.119. The van der Waals surface area contributed by atoms with Gasteiger partial charge in [-0.2, -0.15) is 0 Å². The summed E-state index contributed by atoms with van der Waals surface area (Å²) in [6.45, 7) is 0.309. The first-order chi connectivity index (χ1) is 16.6. The van der Waals surface area contributed by atoms with Gasteiger partial charge >= 0.3 is 0 Å². The number of rotatable bonds is 6. The van der Waals surface area contributed by atoms with E-state index in [0.717, 1.165) is 16.9 Å². The molecule has 9 heteroatoms. The van der Waals surface area contributed by atoms with E-state index in [0.29, 0.717) is 45.5 Å². The molecule has 0 saturated heterocycles. The first-order valence-electron chi connectivity index (χ1n) is 10.9. The number of carbonyl (C=O) groups is 2. The Morgan fingerprint density at radius 2 is 1.69 bits per heavy atom. The van der Waals surface area contributed by atoms with E-state index in [2.05, 4.69) is 10.6 Å². The number of hydrogen-bond donors (Lipinski definition) is 4. The molecular weight excluding hydrogens is 464 g/mol. The number of carbonyl (C=O) groups excluding carboxylic acids is 2. The van der Waals surface area contributed by atoms with Crippen molar-refractivity contribution < 1.29 is 9.59 Å². The molecule has 0 aliphatic carbocycles. The van der Waals surface area contributed by atoms with Gasteiger partial charge in [0.2, 0.25) is 5.91 Å². The Morgan fingerprint density at radius 1 is 0.971 bits per heavy atom. The van der Waals surface area contributed by atoms with Gasteiger partial charge in [-0.1, -0.05) is 23.7 Å². The first kappa shape index (κ1) is 24.1. The lowest BCUT2D eigenvalue weighted by Crippen LogP contribution is -2.34. The van der Waals surface area contributed by atoms with Crippen molar-refractivity contribution in [3.8, 4) is 0 Å².